The quantitative estimate of drug-likeness (QED) is 0.0566. The Hall–Kier alpha value is -10.6. The zero-order valence-corrected chi connectivity index (χ0v) is 39.9. The van der Waals surface area contributed by atoms with Crippen molar-refractivity contribution < 1.29 is 28.6 Å². The van der Waals surface area contributed by atoms with Crippen molar-refractivity contribution in [3.63, 3.8) is 0 Å². The summed E-state index contributed by atoms with van der Waals surface area (Å²) in [5, 5.41) is 26.0. The number of esters is 3. The van der Waals surface area contributed by atoms with Gasteiger partial charge in [-0.2, -0.15) is 30.7 Å². The second kappa shape index (κ2) is 23.1. The smallest absolute Gasteiger partial charge is 0.343 e. The molecule has 0 spiro atoms. The van der Waals surface area contributed by atoms with Gasteiger partial charge in [0.05, 0.1) is 50.8 Å². The second-order valence-electron chi connectivity index (χ2n) is 16.8. The van der Waals surface area contributed by atoms with Crippen LogP contribution < -0.4 is 14.2 Å². The molecule has 0 bridgehead atoms. The molecule has 0 heterocycles. The van der Waals surface area contributed by atoms with Crippen LogP contribution in [0.4, 0.5) is 34.1 Å². The molecule has 10 aromatic carbocycles. The lowest BCUT2D eigenvalue weighted by Gasteiger charge is -2.11. The zero-order valence-electron chi connectivity index (χ0n) is 39.9. The normalized spacial score (nSPS) is 11.2. The average Bonchev–Trinajstić information content (AvgIpc) is 3.47. The van der Waals surface area contributed by atoms with E-state index >= 15 is 0 Å². The van der Waals surface area contributed by atoms with Crippen LogP contribution in [0.5, 0.6) is 17.2 Å². The standard InChI is InChI=1S/C63H42N6O6/c70-61(73-58-34-28-55(29-35-58)67-64-52-22-16-46(17-23-52)43-10-4-1-5-11-43)49-40-50(62(71)74-59-36-30-56(31-37-59)68-65-53-24-18-47(19-25-53)44-12-6-2-7-13-44)42-51(41-49)63(72)75-60-38-32-57(33-39-60)69-66-54-26-20-48(21-27-54)45-14-8-3-9-15-45/h1-42H/b67-64+,68-65+,69-66+. The molecular formula is C63H42N6O6. The molecule has 0 aliphatic rings. The zero-order chi connectivity index (χ0) is 51.2. The molecule has 12 heteroatoms. The highest BCUT2D eigenvalue weighted by Crippen LogP contribution is 2.30. The van der Waals surface area contributed by atoms with Crippen LogP contribution in [0.1, 0.15) is 31.1 Å². The number of rotatable bonds is 15. The first-order chi connectivity index (χ1) is 36.8. The molecule has 10 rings (SSSR count). The van der Waals surface area contributed by atoms with Gasteiger partial charge in [-0.25, -0.2) is 14.4 Å². The van der Waals surface area contributed by atoms with Gasteiger partial charge >= 0.3 is 17.9 Å². The number of benzene rings is 10. The highest BCUT2D eigenvalue weighted by Gasteiger charge is 2.21. The van der Waals surface area contributed by atoms with Crippen LogP contribution in [-0.2, 0) is 0 Å². The molecule has 0 aliphatic carbocycles. The van der Waals surface area contributed by atoms with Gasteiger partial charge in [-0.05, 0) is 161 Å². The molecule has 360 valence electrons. The molecule has 0 aliphatic heterocycles. The van der Waals surface area contributed by atoms with E-state index in [9.17, 15) is 14.4 Å². The van der Waals surface area contributed by atoms with E-state index in [1.807, 2.05) is 164 Å². The Kier molecular flexibility index (Phi) is 14.8. The third kappa shape index (κ3) is 12.9. The number of ether oxygens (including phenoxy) is 3. The minimum Gasteiger partial charge on any atom is -0.423 e. The first-order valence-electron chi connectivity index (χ1n) is 23.7. The molecular weight excluding hydrogens is 937 g/mol. The predicted octanol–water partition coefficient (Wildman–Crippen LogP) is 17.6. The fourth-order valence-corrected chi connectivity index (χ4v) is 7.62. The van der Waals surface area contributed by atoms with E-state index in [1.165, 1.54) is 18.2 Å². The summed E-state index contributed by atoms with van der Waals surface area (Å²) in [6.45, 7) is 0. The van der Waals surface area contributed by atoms with Crippen molar-refractivity contribution in [1.29, 1.82) is 0 Å². The predicted molar refractivity (Wildman–Crippen MR) is 289 cm³/mol. The minimum absolute atomic E-state index is 0.112. The van der Waals surface area contributed by atoms with E-state index in [4.69, 9.17) is 14.2 Å². The van der Waals surface area contributed by atoms with Crippen molar-refractivity contribution in [3.05, 3.63) is 271 Å². The molecule has 0 radical (unpaired) electrons. The lowest BCUT2D eigenvalue weighted by molar-refractivity contribution is 0.0734. The van der Waals surface area contributed by atoms with Crippen LogP contribution in [0.15, 0.2) is 285 Å². The highest BCUT2D eigenvalue weighted by atomic mass is 16.5. The number of nitrogens with zero attached hydrogens (tertiary/aromatic N) is 6. The number of carbonyl (C=O) groups excluding carboxylic acids is 3. The summed E-state index contributed by atoms with van der Waals surface area (Å²) in [4.78, 5) is 41.3. The molecule has 0 saturated heterocycles. The van der Waals surface area contributed by atoms with E-state index in [0.29, 0.717) is 34.1 Å². The van der Waals surface area contributed by atoms with E-state index in [0.717, 1.165) is 33.4 Å². The van der Waals surface area contributed by atoms with E-state index < -0.39 is 17.9 Å². The van der Waals surface area contributed by atoms with Crippen molar-refractivity contribution in [3.8, 4) is 50.6 Å². The fraction of sp³-hybridized carbons (Fsp3) is 0. The topological polar surface area (TPSA) is 153 Å². The lowest BCUT2D eigenvalue weighted by Crippen LogP contribution is -2.16. The van der Waals surface area contributed by atoms with Crippen molar-refractivity contribution in [2.75, 3.05) is 0 Å². The maximum Gasteiger partial charge on any atom is 0.343 e. The van der Waals surface area contributed by atoms with Crippen LogP contribution in [0.3, 0.4) is 0 Å². The number of hydrogen-bond acceptors (Lipinski definition) is 12. The third-order valence-electron chi connectivity index (χ3n) is 11.5. The molecule has 0 aromatic heterocycles. The summed E-state index contributed by atoms with van der Waals surface area (Å²) in [6.07, 6.45) is 0. The molecule has 0 atom stereocenters. The van der Waals surface area contributed by atoms with Gasteiger partial charge in [-0.15, -0.1) is 0 Å². The Morgan fingerprint density at radius 2 is 0.413 bits per heavy atom. The molecule has 0 saturated carbocycles. The van der Waals surface area contributed by atoms with Crippen LogP contribution in [-0.4, -0.2) is 17.9 Å². The third-order valence-corrected chi connectivity index (χ3v) is 11.5. The van der Waals surface area contributed by atoms with Gasteiger partial charge in [0.1, 0.15) is 17.2 Å². The van der Waals surface area contributed by atoms with Gasteiger partial charge < -0.3 is 14.2 Å². The van der Waals surface area contributed by atoms with Gasteiger partial charge in [0.25, 0.3) is 0 Å². The van der Waals surface area contributed by atoms with E-state index in [-0.39, 0.29) is 33.9 Å². The largest absolute Gasteiger partial charge is 0.423 e. The Morgan fingerprint density at radius 3 is 0.627 bits per heavy atom. The van der Waals surface area contributed by atoms with Crippen LogP contribution in [0.25, 0.3) is 33.4 Å². The van der Waals surface area contributed by atoms with Gasteiger partial charge in [0.15, 0.2) is 0 Å². The van der Waals surface area contributed by atoms with Crippen LogP contribution in [0.2, 0.25) is 0 Å². The molecule has 0 fully saturated rings. The summed E-state index contributed by atoms with van der Waals surface area (Å²) in [5.74, 6) is -1.98. The van der Waals surface area contributed by atoms with Crippen molar-refractivity contribution >= 4 is 52.0 Å². The van der Waals surface area contributed by atoms with Crippen LogP contribution >= 0.6 is 0 Å². The maximum absolute atomic E-state index is 13.8. The number of azo groups is 3. The molecule has 0 unspecified atom stereocenters. The summed E-state index contributed by atoms with van der Waals surface area (Å²) < 4.78 is 17.1. The first-order valence-corrected chi connectivity index (χ1v) is 23.7. The van der Waals surface area contributed by atoms with Crippen molar-refractivity contribution in [2.45, 2.75) is 0 Å². The summed E-state index contributed by atoms with van der Waals surface area (Å²) in [6, 6.07) is 76.3. The maximum atomic E-state index is 13.8. The molecule has 12 nitrogen and oxygen atoms in total. The van der Waals surface area contributed by atoms with Crippen molar-refractivity contribution in [2.24, 2.45) is 30.7 Å². The summed E-state index contributed by atoms with van der Waals surface area (Å²) in [5.41, 5.74) is 9.70. The van der Waals surface area contributed by atoms with Crippen molar-refractivity contribution in [1.82, 2.24) is 0 Å². The molecule has 75 heavy (non-hydrogen) atoms. The lowest BCUT2D eigenvalue weighted by atomic mass is 10.1. The Labute approximate surface area is 431 Å². The highest BCUT2D eigenvalue weighted by molar-refractivity contribution is 6.02. The Bertz CT molecular complexity index is 3260. The van der Waals surface area contributed by atoms with E-state index in [2.05, 4.69) is 30.7 Å². The van der Waals surface area contributed by atoms with Gasteiger partial charge in [-0.1, -0.05) is 127 Å². The minimum atomic E-state index is -0.847. The number of hydrogen-bond donors (Lipinski definition) is 0. The average molecular weight is 979 g/mol. The molecule has 10 aromatic rings. The monoisotopic (exact) mass is 978 g/mol. The van der Waals surface area contributed by atoms with E-state index in [1.54, 1.807) is 72.8 Å². The molecule has 0 amide bonds. The van der Waals surface area contributed by atoms with Gasteiger partial charge in [0, 0.05) is 0 Å². The summed E-state index contributed by atoms with van der Waals surface area (Å²) >= 11 is 0. The first kappa shape index (κ1) is 48.1. The number of carbonyl (C=O) groups is 3. The van der Waals surface area contributed by atoms with Gasteiger partial charge in [-0.3, -0.25) is 0 Å². The SMILES string of the molecule is O=C(Oc1ccc(/N=N/c2ccc(-c3ccccc3)cc2)cc1)c1cc(C(=O)Oc2ccc(/N=N/c3ccc(-c4ccccc4)cc3)cc2)cc(C(=O)Oc2ccc(/N=N/c3ccc(-c4ccccc4)cc3)cc2)c1. The van der Waals surface area contributed by atoms with Crippen LogP contribution in [0, 0.1) is 0 Å². The van der Waals surface area contributed by atoms with Gasteiger partial charge in [0.2, 0.25) is 0 Å². The fourth-order valence-electron chi connectivity index (χ4n) is 7.62. The molecule has 0 N–H and O–H groups in total. The second-order valence-corrected chi connectivity index (χ2v) is 16.8. The Balaban J connectivity index is 0.823. The Morgan fingerprint density at radius 1 is 0.227 bits per heavy atom. The summed E-state index contributed by atoms with van der Waals surface area (Å²) in [7, 11) is 0.